The Morgan fingerprint density at radius 3 is 2.86 bits per heavy atom. The van der Waals surface area contributed by atoms with E-state index in [1.165, 1.54) is 6.07 Å². The van der Waals surface area contributed by atoms with Crippen molar-refractivity contribution >= 4 is 5.78 Å². The summed E-state index contributed by atoms with van der Waals surface area (Å²) in [7, 11) is 0. The molecule has 0 aliphatic rings. The Morgan fingerprint density at radius 1 is 1.50 bits per heavy atom. The van der Waals surface area contributed by atoms with Gasteiger partial charge in [0.05, 0.1) is 12.0 Å². The third kappa shape index (κ3) is 2.20. The molecule has 72 valence electrons. The van der Waals surface area contributed by atoms with Gasteiger partial charge in [-0.2, -0.15) is 0 Å². The van der Waals surface area contributed by atoms with Gasteiger partial charge in [-0.1, -0.05) is 18.1 Å². The van der Waals surface area contributed by atoms with Crippen LogP contribution >= 0.6 is 0 Å². The fourth-order valence-corrected chi connectivity index (χ4v) is 1.13. The average molecular weight is 190 g/mol. The lowest BCUT2D eigenvalue weighted by atomic mass is 10.1. The van der Waals surface area contributed by atoms with Crippen molar-refractivity contribution in [2.24, 2.45) is 0 Å². The number of halogens is 1. The number of carbonyl (C=O) groups is 1. The number of Topliss-reactive ketones (excluding diaryl/α,β-unsaturated/α-hetero) is 1. The van der Waals surface area contributed by atoms with Gasteiger partial charge in [-0.05, 0) is 25.5 Å². The summed E-state index contributed by atoms with van der Waals surface area (Å²) >= 11 is 0. The van der Waals surface area contributed by atoms with Crippen molar-refractivity contribution in [2.75, 3.05) is 0 Å². The zero-order valence-electron chi connectivity index (χ0n) is 8.23. The smallest absolute Gasteiger partial charge is 0.177 e. The highest BCUT2D eigenvalue weighted by molar-refractivity contribution is 5.97. The van der Waals surface area contributed by atoms with E-state index in [0.717, 1.165) is 0 Å². The highest BCUT2D eigenvalue weighted by Crippen LogP contribution is 2.13. The molecule has 0 bridgehead atoms. The van der Waals surface area contributed by atoms with E-state index < -0.39 is 5.82 Å². The third-order valence-electron chi connectivity index (χ3n) is 1.92. The van der Waals surface area contributed by atoms with Crippen LogP contribution in [-0.2, 0) is 0 Å². The van der Waals surface area contributed by atoms with Crippen molar-refractivity contribution in [3.8, 4) is 11.8 Å². The highest BCUT2D eigenvalue weighted by Gasteiger charge is 2.11. The van der Waals surface area contributed by atoms with Crippen molar-refractivity contribution in [1.29, 1.82) is 0 Å². The number of hydrogen-bond donors (Lipinski definition) is 0. The minimum atomic E-state index is -0.435. The molecule has 0 atom stereocenters. The molecule has 0 aromatic heterocycles. The quantitative estimate of drug-likeness (QED) is 0.517. The fraction of sp³-hybridized carbons (Fsp3) is 0.250. The molecule has 0 unspecified atom stereocenters. The summed E-state index contributed by atoms with van der Waals surface area (Å²) in [6.45, 7) is 3.29. The van der Waals surface area contributed by atoms with Gasteiger partial charge in [0, 0.05) is 0 Å². The molecule has 0 aliphatic carbocycles. The topological polar surface area (TPSA) is 17.1 Å². The number of aryl methyl sites for hydroxylation is 1. The fourth-order valence-electron chi connectivity index (χ4n) is 1.13. The second-order valence-electron chi connectivity index (χ2n) is 2.96. The van der Waals surface area contributed by atoms with E-state index >= 15 is 0 Å². The zero-order valence-corrected chi connectivity index (χ0v) is 8.23. The van der Waals surface area contributed by atoms with E-state index in [-0.39, 0.29) is 17.8 Å². The molecule has 0 fully saturated rings. The van der Waals surface area contributed by atoms with E-state index in [9.17, 15) is 9.18 Å². The zero-order chi connectivity index (χ0) is 10.6. The Labute approximate surface area is 82.9 Å². The molecule has 1 rings (SSSR count). The summed E-state index contributed by atoms with van der Waals surface area (Å²) in [5.41, 5.74) is 0.619. The van der Waals surface area contributed by atoms with Crippen LogP contribution in [-0.4, -0.2) is 5.78 Å². The van der Waals surface area contributed by atoms with Gasteiger partial charge in [-0.25, -0.2) is 4.39 Å². The SMILES string of the molecule is CC#CCC(=O)c1cccc(C)c1F. The summed E-state index contributed by atoms with van der Waals surface area (Å²) in [4.78, 5) is 11.4. The first kappa shape index (κ1) is 10.5. The van der Waals surface area contributed by atoms with E-state index in [2.05, 4.69) is 11.8 Å². The molecular formula is C12H11FO. The largest absolute Gasteiger partial charge is 0.293 e. The first-order chi connectivity index (χ1) is 6.66. The Bertz CT molecular complexity index is 410. The average Bonchev–Trinajstić information content (AvgIpc) is 2.18. The monoisotopic (exact) mass is 190 g/mol. The normalized spacial score (nSPS) is 9.07. The number of rotatable bonds is 2. The Kier molecular flexibility index (Phi) is 3.41. The number of ketones is 1. The van der Waals surface area contributed by atoms with Gasteiger partial charge in [-0.3, -0.25) is 4.79 Å². The summed E-state index contributed by atoms with van der Waals surface area (Å²) in [6.07, 6.45) is 0.0802. The van der Waals surface area contributed by atoms with Gasteiger partial charge in [0.1, 0.15) is 5.82 Å². The number of benzene rings is 1. The minimum Gasteiger partial charge on any atom is -0.293 e. The maximum absolute atomic E-state index is 13.4. The van der Waals surface area contributed by atoms with Gasteiger partial charge in [0.25, 0.3) is 0 Å². The van der Waals surface area contributed by atoms with Crippen LogP contribution in [0, 0.1) is 24.6 Å². The molecule has 0 aliphatic heterocycles. The van der Waals surface area contributed by atoms with Crippen molar-refractivity contribution in [2.45, 2.75) is 20.3 Å². The molecule has 0 radical (unpaired) electrons. The van der Waals surface area contributed by atoms with Gasteiger partial charge in [-0.15, -0.1) is 5.92 Å². The third-order valence-corrected chi connectivity index (χ3v) is 1.92. The summed E-state index contributed by atoms with van der Waals surface area (Å²) < 4.78 is 13.4. The van der Waals surface area contributed by atoms with Crippen LogP contribution in [0.4, 0.5) is 4.39 Å². The molecule has 0 spiro atoms. The van der Waals surface area contributed by atoms with Gasteiger partial charge >= 0.3 is 0 Å². The predicted octanol–water partition coefficient (Wildman–Crippen LogP) is 2.73. The molecule has 14 heavy (non-hydrogen) atoms. The van der Waals surface area contributed by atoms with E-state index in [0.29, 0.717) is 5.56 Å². The molecule has 0 amide bonds. The first-order valence-electron chi connectivity index (χ1n) is 4.34. The molecule has 0 N–H and O–H groups in total. The first-order valence-corrected chi connectivity index (χ1v) is 4.34. The Morgan fingerprint density at radius 2 is 2.21 bits per heavy atom. The second kappa shape index (κ2) is 4.57. The Balaban J connectivity index is 2.99. The van der Waals surface area contributed by atoms with E-state index in [4.69, 9.17) is 0 Å². The van der Waals surface area contributed by atoms with Crippen LogP contribution in [0.3, 0.4) is 0 Å². The number of carbonyl (C=O) groups excluding carboxylic acids is 1. The highest BCUT2D eigenvalue weighted by atomic mass is 19.1. The number of hydrogen-bond acceptors (Lipinski definition) is 1. The minimum absolute atomic E-state index is 0.0802. The van der Waals surface area contributed by atoms with Crippen molar-refractivity contribution in [1.82, 2.24) is 0 Å². The van der Waals surface area contributed by atoms with Gasteiger partial charge in [0.2, 0.25) is 0 Å². The van der Waals surface area contributed by atoms with Crippen LogP contribution in [0.25, 0.3) is 0 Å². The van der Waals surface area contributed by atoms with Crippen molar-refractivity contribution < 1.29 is 9.18 Å². The lowest BCUT2D eigenvalue weighted by Crippen LogP contribution is -2.02. The maximum atomic E-state index is 13.4. The van der Waals surface area contributed by atoms with Crippen LogP contribution < -0.4 is 0 Å². The molecule has 0 saturated carbocycles. The van der Waals surface area contributed by atoms with Gasteiger partial charge in [0.15, 0.2) is 5.78 Å². The summed E-state index contributed by atoms with van der Waals surface area (Å²) in [5.74, 6) is 4.54. The molecular weight excluding hydrogens is 179 g/mol. The summed E-state index contributed by atoms with van der Waals surface area (Å²) in [6, 6.07) is 4.80. The van der Waals surface area contributed by atoms with E-state index in [1.54, 1.807) is 26.0 Å². The van der Waals surface area contributed by atoms with Gasteiger partial charge < -0.3 is 0 Å². The summed E-state index contributed by atoms with van der Waals surface area (Å²) in [5, 5.41) is 0. The van der Waals surface area contributed by atoms with Crippen molar-refractivity contribution in [3.05, 3.63) is 35.1 Å². The molecule has 1 nitrogen and oxygen atoms in total. The van der Waals surface area contributed by atoms with Crippen LogP contribution in [0.5, 0.6) is 0 Å². The molecule has 1 aromatic rings. The molecule has 0 saturated heterocycles. The second-order valence-corrected chi connectivity index (χ2v) is 2.96. The lowest BCUT2D eigenvalue weighted by Gasteiger charge is -2.01. The standard InChI is InChI=1S/C12H11FO/c1-3-4-8-11(14)10-7-5-6-9(2)12(10)13/h5-7H,8H2,1-2H3. The maximum Gasteiger partial charge on any atom is 0.177 e. The molecule has 1 aromatic carbocycles. The lowest BCUT2D eigenvalue weighted by molar-refractivity contribution is 0.0994. The van der Waals surface area contributed by atoms with Crippen molar-refractivity contribution in [3.63, 3.8) is 0 Å². The van der Waals surface area contributed by atoms with Crippen LogP contribution in [0.15, 0.2) is 18.2 Å². The van der Waals surface area contributed by atoms with Crippen LogP contribution in [0.2, 0.25) is 0 Å². The van der Waals surface area contributed by atoms with Crippen LogP contribution in [0.1, 0.15) is 29.3 Å². The molecule has 0 heterocycles. The molecule has 2 heteroatoms. The Hall–Kier alpha value is -1.62. The predicted molar refractivity (Wildman–Crippen MR) is 53.5 cm³/mol. The van der Waals surface area contributed by atoms with E-state index in [1.807, 2.05) is 0 Å².